The first-order valence-corrected chi connectivity index (χ1v) is 7.41. The number of carbonyl (C=O) groups is 1. The lowest BCUT2D eigenvalue weighted by Crippen LogP contribution is -2.41. The fraction of sp³-hybridized carbons (Fsp3) is 0.278. The molecule has 106 valence electrons. The van der Waals surface area contributed by atoms with Crippen LogP contribution in [0.5, 0.6) is 5.75 Å². The molecule has 21 heavy (non-hydrogen) atoms. The van der Waals surface area contributed by atoms with E-state index in [1.54, 1.807) is 0 Å². The molecule has 0 radical (unpaired) electrons. The van der Waals surface area contributed by atoms with Gasteiger partial charge in [-0.15, -0.1) is 0 Å². The standard InChI is InChI=1S/C18H17NO2/c20-17-18(10-5-11-18)16-14(19-17)8-4-9-15(16)21-12-13-6-2-1-3-7-13/h1-4,6-9H,5,10-12H2,(H,19,20). The Balaban J connectivity index is 1.66. The van der Waals surface area contributed by atoms with Crippen LogP contribution in [-0.2, 0) is 16.8 Å². The smallest absolute Gasteiger partial charge is 0.235 e. The number of amides is 1. The summed E-state index contributed by atoms with van der Waals surface area (Å²) in [6.07, 6.45) is 2.97. The zero-order valence-corrected chi connectivity index (χ0v) is 11.8. The van der Waals surface area contributed by atoms with E-state index in [-0.39, 0.29) is 11.3 Å². The molecule has 4 rings (SSSR count). The van der Waals surface area contributed by atoms with E-state index in [1.807, 2.05) is 48.5 Å². The van der Waals surface area contributed by atoms with Gasteiger partial charge in [0.25, 0.3) is 0 Å². The minimum absolute atomic E-state index is 0.138. The molecule has 3 nitrogen and oxygen atoms in total. The number of ether oxygens (including phenoxy) is 1. The van der Waals surface area contributed by atoms with E-state index < -0.39 is 0 Å². The molecular weight excluding hydrogens is 262 g/mol. The summed E-state index contributed by atoms with van der Waals surface area (Å²) in [5.74, 6) is 0.980. The van der Waals surface area contributed by atoms with Gasteiger partial charge in [-0.2, -0.15) is 0 Å². The van der Waals surface area contributed by atoms with Crippen LogP contribution in [-0.4, -0.2) is 5.91 Å². The summed E-state index contributed by atoms with van der Waals surface area (Å²) in [5, 5.41) is 3.01. The number of fused-ring (bicyclic) bond motifs is 2. The molecule has 1 amide bonds. The highest BCUT2D eigenvalue weighted by Crippen LogP contribution is 2.54. The zero-order chi connectivity index (χ0) is 14.3. The van der Waals surface area contributed by atoms with Crippen molar-refractivity contribution >= 4 is 11.6 Å². The summed E-state index contributed by atoms with van der Waals surface area (Å²) in [6.45, 7) is 0.529. The number of anilines is 1. The van der Waals surface area contributed by atoms with Gasteiger partial charge < -0.3 is 10.1 Å². The summed E-state index contributed by atoms with van der Waals surface area (Å²) in [7, 11) is 0. The number of carbonyl (C=O) groups excluding carboxylic acids is 1. The van der Waals surface area contributed by atoms with Crippen molar-refractivity contribution in [2.24, 2.45) is 0 Å². The summed E-state index contributed by atoms with van der Waals surface area (Å²) < 4.78 is 6.02. The summed E-state index contributed by atoms with van der Waals surface area (Å²) in [4.78, 5) is 12.3. The van der Waals surface area contributed by atoms with Crippen molar-refractivity contribution in [2.45, 2.75) is 31.3 Å². The molecule has 0 aromatic heterocycles. The van der Waals surface area contributed by atoms with Crippen LogP contribution in [0.15, 0.2) is 48.5 Å². The average molecular weight is 279 g/mol. The Morgan fingerprint density at radius 1 is 1.05 bits per heavy atom. The van der Waals surface area contributed by atoms with Crippen molar-refractivity contribution in [3.63, 3.8) is 0 Å². The van der Waals surface area contributed by atoms with Gasteiger partial charge in [-0.25, -0.2) is 0 Å². The topological polar surface area (TPSA) is 38.3 Å². The van der Waals surface area contributed by atoms with Crippen LogP contribution < -0.4 is 10.1 Å². The van der Waals surface area contributed by atoms with Crippen molar-refractivity contribution < 1.29 is 9.53 Å². The van der Waals surface area contributed by atoms with E-state index in [0.717, 1.165) is 41.8 Å². The molecule has 1 N–H and O–H groups in total. The fourth-order valence-electron chi connectivity index (χ4n) is 3.35. The molecule has 0 bridgehead atoms. The van der Waals surface area contributed by atoms with E-state index in [2.05, 4.69) is 5.32 Å². The van der Waals surface area contributed by atoms with Crippen LogP contribution in [0.25, 0.3) is 0 Å². The number of hydrogen-bond acceptors (Lipinski definition) is 2. The first-order valence-electron chi connectivity index (χ1n) is 7.41. The van der Waals surface area contributed by atoms with Gasteiger partial charge in [-0.1, -0.05) is 42.8 Å². The Labute approximate surface area is 123 Å². The molecule has 1 heterocycles. The summed E-state index contributed by atoms with van der Waals surface area (Å²) >= 11 is 0. The summed E-state index contributed by atoms with van der Waals surface area (Å²) in [6, 6.07) is 16.0. The van der Waals surface area contributed by atoms with Gasteiger partial charge in [0.15, 0.2) is 0 Å². The van der Waals surface area contributed by atoms with Gasteiger partial charge in [0, 0.05) is 11.3 Å². The highest BCUT2D eigenvalue weighted by Gasteiger charge is 2.52. The molecule has 0 unspecified atom stereocenters. The number of benzene rings is 2. The molecule has 1 aliphatic heterocycles. The number of rotatable bonds is 3. The number of nitrogens with one attached hydrogen (secondary N) is 1. The van der Waals surface area contributed by atoms with Gasteiger partial charge in [-0.3, -0.25) is 4.79 Å². The fourth-order valence-corrected chi connectivity index (χ4v) is 3.35. The van der Waals surface area contributed by atoms with Crippen LogP contribution in [0.1, 0.15) is 30.4 Å². The molecule has 0 atom stereocenters. The predicted molar refractivity (Wildman–Crippen MR) is 81.4 cm³/mol. The second-order valence-electron chi connectivity index (χ2n) is 5.84. The lowest BCUT2D eigenvalue weighted by Gasteiger charge is -2.36. The number of hydrogen-bond donors (Lipinski definition) is 1. The van der Waals surface area contributed by atoms with Crippen molar-refractivity contribution in [2.75, 3.05) is 5.32 Å². The molecule has 0 saturated heterocycles. The van der Waals surface area contributed by atoms with Crippen molar-refractivity contribution in [1.82, 2.24) is 0 Å². The van der Waals surface area contributed by atoms with E-state index >= 15 is 0 Å². The van der Waals surface area contributed by atoms with Gasteiger partial charge in [0.05, 0.1) is 5.41 Å². The van der Waals surface area contributed by atoms with Gasteiger partial charge in [-0.05, 0) is 30.5 Å². The quantitative estimate of drug-likeness (QED) is 0.931. The van der Waals surface area contributed by atoms with E-state index in [4.69, 9.17) is 4.74 Å². The normalized spacial score (nSPS) is 18.0. The minimum Gasteiger partial charge on any atom is -0.489 e. The van der Waals surface area contributed by atoms with Crippen LogP contribution in [0.3, 0.4) is 0 Å². The molecule has 1 saturated carbocycles. The highest BCUT2D eigenvalue weighted by molar-refractivity contribution is 6.07. The summed E-state index contributed by atoms with van der Waals surface area (Å²) in [5.41, 5.74) is 2.79. The largest absolute Gasteiger partial charge is 0.489 e. The first kappa shape index (κ1) is 12.5. The van der Waals surface area contributed by atoms with E-state index in [0.29, 0.717) is 6.61 Å². The third-order valence-electron chi connectivity index (χ3n) is 4.63. The Kier molecular flexibility index (Phi) is 2.74. The minimum atomic E-state index is -0.331. The molecule has 1 aliphatic carbocycles. The van der Waals surface area contributed by atoms with E-state index in [9.17, 15) is 4.79 Å². The van der Waals surface area contributed by atoms with Gasteiger partial charge in [0.1, 0.15) is 12.4 Å². The second-order valence-corrected chi connectivity index (χ2v) is 5.84. The Bertz CT molecular complexity index is 690. The zero-order valence-electron chi connectivity index (χ0n) is 11.8. The van der Waals surface area contributed by atoms with Crippen molar-refractivity contribution in [3.8, 4) is 5.75 Å². The maximum atomic E-state index is 12.3. The molecule has 3 heteroatoms. The Morgan fingerprint density at radius 2 is 1.86 bits per heavy atom. The molecule has 2 aromatic rings. The van der Waals surface area contributed by atoms with Gasteiger partial charge >= 0.3 is 0 Å². The van der Waals surface area contributed by atoms with E-state index in [1.165, 1.54) is 0 Å². The second kappa shape index (κ2) is 4.62. The van der Waals surface area contributed by atoms with Crippen LogP contribution in [0, 0.1) is 0 Å². The average Bonchev–Trinajstić information content (AvgIpc) is 2.78. The van der Waals surface area contributed by atoms with Crippen molar-refractivity contribution in [3.05, 3.63) is 59.7 Å². The highest BCUT2D eigenvalue weighted by atomic mass is 16.5. The third kappa shape index (κ3) is 1.84. The Morgan fingerprint density at radius 3 is 2.57 bits per heavy atom. The lowest BCUT2D eigenvalue weighted by molar-refractivity contribution is -0.123. The third-order valence-corrected chi connectivity index (χ3v) is 4.63. The van der Waals surface area contributed by atoms with Crippen LogP contribution in [0.2, 0.25) is 0 Å². The molecule has 2 aliphatic rings. The SMILES string of the molecule is O=C1Nc2cccc(OCc3ccccc3)c2C12CCC2. The van der Waals surface area contributed by atoms with Crippen LogP contribution >= 0.6 is 0 Å². The van der Waals surface area contributed by atoms with Crippen LogP contribution in [0.4, 0.5) is 5.69 Å². The molecular formula is C18H17NO2. The van der Waals surface area contributed by atoms with Gasteiger partial charge in [0.2, 0.25) is 5.91 Å². The molecule has 1 fully saturated rings. The van der Waals surface area contributed by atoms with Crippen molar-refractivity contribution in [1.29, 1.82) is 0 Å². The molecule has 2 aromatic carbocycles. The maximum absolute atomic E-state index is 12.3. The first-order chi connectivity index (χ1) is 10.3. The predicted octanol–water partition coefficient (Wildman–Crippen LogP) is 3.64. The lowest BCUT2D eigenvalue weighted by atomic mass is 9.65. The molecule has 1 spiro atoms. The monoisotopic (exact) mass is 279 g/mol. The maximum Gasteiger partial charge on any atom is 0.235 e. The Hall–Kier alpha value is -2.29.